The fraction of sp³-hybridized carbons (Fsp3) is 0.579. The molecule has 0 saturated heterocycles. The van der Waals surface area contributed by atoms with Crippen LogP contribution >= 0.6 is 0 Å². The lowest BCUT2D eigenvalue weighted by atomic mass is 9.94. The van der Waals surface area contributed by atoms with E-state index in [1.165, 1.54) is 11.1 Å². The van der Waals surface area contributed by atoms with Crippen molar-refractivity contribution in [2.45, 2.75) is 58.8 Å². The Kier molecular flexibility index (Phi) is 5.01. The Morgan fingerprint density at radius 1 is 1.21 bits per heavy atom. The van der Waals surface area contributed by atoms with Crippen molar-refractivity contribution in [2.24, 2.45) is 0 Å². The molecule has 1 aliphatic rings. The summed E-state index contributed by atoms with van der Waals surface area (Å²) < 4.78 is 1.98. The number of hydrogen-bond donors (Lipinski definition) is 1. The van der Waals surface area contributed by atoms with Crippen molar-refractivity contribution in [2.75, 3.05) is 13.1 Å². The van der Waals surface area contributed by atoms with Gasteiger partial charge >= 0.3 is 0 Å². The van der Waals surface area contributed by atoms with Crippen molar-refractivity contribution in [1.82, 2.24) is 25.0 Å². The van der Waals surface area contributed by atoms with Crippen LogP contribution in [0, 0.1) is 0 Å². The van der Waals surface area contributed by atoms with Crippen LogP contribution in [-0.2, 0) is 19.5 Å². The second-order valence-corrected chi connectivity index (χ2v) is 7.57. The van der Waals surface area contributed by atoms with Gasteiger partial charge in [0, 0.05) is 31.2 Å². The van der Waals surface area contributed by atoms with Gasteiger partial charge in [0.05, 0.1) is 6.54 Å². The molecule has 130 valence electrons. The van der Waals surface area contributed by atoms with E-state index in [9.17, 15) is 0 Å². The highest BCUT2D eigenvalue weighted by Crippen LogP contribution is 2.25. The van der Waals surface area contributed by atoms with Gasteiger partial charge in [-0.3, -0.25) is 4.90 Å². The number of nitrogens with zero attached hydrogens (tertiary/aromatic N) is 4. The molecular weight excluding hydrogens is 298 g/mol. The second-order valence-electron chi connectivity index (χ2n) is 7.57. The predicted octanol–water partition coefficient (Wildman–Crippen LogP) is 2.79. The van der Waals surface area contributed by atoms with Crippen LogP contribution < -0.4 is 5.32 Å². The highest BCUT2D eigenvalue weighted by molar-refractivity contribution is 5.29. The topological polar surface area (TPSA) is 46.0 Å². The van der Waals surface area contributed by atoms with E-state index in [0.717, 1.165) is 38.4 Å². The standard InChI is InChI=1S/C19H29N5/c1-15(2)24-18(21-14-22-24)11-20-13-19(3,4)23-10-9-16-7-5-6-8-17(16)12-23/h5-8,14-15,20H,9-13H2,1-4H3. The smallest absolute Gasteiger partial charge is 0.141 e. The first kappa shape index (κ1) is 17.1. The van der Waals surface area contributed by atoms with Crippen LogP contribution in [0.2, 0.25) is 0 Å². The third kappa shape index (κ3) is 3.68. The Morgan fingerprint density at radius 2 is 1.96 bits per heavy atom. The maximum atomic E-state index is 4.38. The quantitative estimate of drug-likeness (QED) is 0.886. The lowest BCUT2D eigenvalue weighted by molar-refractivity contribution is 0.102. The molecule has 1 aliphatic heterocycles. The number of aromatic nitrogens is 3. The van der Waals surface area contributed by atoms with Crippen LogP contribution in [0.25, 0.3) is 0 Å². The SMILES string of the molecule is CC(C)n1ncnc1CNCC(C)(C)N1CCc2ccccc2C1. The van der Waals surface area contributed by atoms with Crippen LogP contribution in [0.4, 0.5) is 0 Å². The van der Waals surface area contributed by atoms with Crippen LogP contribution in [-0.4, -0.2) is 38.3 Å². The molecule has 3 rings (SSSR count). The summed E-state index contributed by atoms with van der Waals surface area (Å²) in [5.41, 5.74) is 3.08. The minimum Gasteiger partial charge on any atom is -0.308 e. The molecule has 0 atom stereocenters. The van der Waals surface area contributed by atoms with Gasteiger partial charge in [-0.15, -0.1) is 0 Å². The third-order valence-electron chi connectivity index (χ3n) is 4.96. The van der Waals surface area contributed by atoms with Gasteiger partial charge in [0.15, 0.2) is 0 Å². The number of nitrogens with one attached hydrogen (secondary N) is 1. The first-order chi connectivity index (χ1) is 11.5. The zero-order chi connectivity index (χ0) is 17.2. The largest absolute Gasteiger partial charge is 0.308 e. The van der Waals surface area contributed by atoms with Crippen molar-refractivity contribution >= 4 is 0 Å². The lowest BCUT2D eigenvalue weighted by Crippen LogP contribution is -2.52. The van der Waals surface area contributed by atoms with Crippen molar-refractivity contribution in [3.05, 3.63) is 47.5 Å². The van der Waals surface area contributed by atoms with Crippen LogP contribution in [0.1, 0.15) is 50.7 Å². The van der Waals surface area contributed by atoms with E-state index in [-0.39, 0.29) is 5.54 Å². The molecule has 1 aromatic heterocycles. The van der Waals surface area contributed by atoms with E-state index < -0.39 is 0 Å². The fourth-order valence-corrected chi connectivity index (χ4v) is 3.44. The molecule has 2 heterocycles. The van der Waals surface area contributed by atoms with E-state index >= 15 is 0 Å². The van der Waals surface area contributed by atoms with Crippen molar-refractivity contribution < 1.29 is 0 Å². The molecule has 0 bridgehead atoms. The number of fused-ring (bicyclic) bond motifs is 1. The Balaban J connectivity index is 1.57. The van der Waals surface area contributed by atoms with Crippen molar-refractivity contribution in [3.63, 3.8) is 0 Å². The average Bonchev–Trinajstić information content (AvgIpc) is 3.03. The summed E-state index contributed by atoms with van der Waals surface area (Å²) in [6.07, 6.45) is 2.78. The summed E-state index contributed by atoms with van der Waals surface area (Å²) in [5.74, 6) is 1.00. The van der Waals surface area contributed by atoms with Gasteiger partial charge < -0.3 is 5.32 Å². The molecule has 1 N–H and O–H groups in total. The second kappa shape index (κ2) is 7.03. The van der Waals surface area contributed by atoms with E-state index in [0.29, 0.717) is 6.04 Å². The maximum Gasteiger partial charge on any atom is 0.141 e. The Morgan fingerprint density at radius 3 is 2.71 bits per heavy atom. The van der Waals surface area contributed by atoms with E-state index in [1.54, 1.807) is 6.33 Å². The van der Waals surface area contributed by atoms with Gasteiger partial charge in [-0.25, -0.2) is 9.67 Å². The molecule has 5 heteroatoms. The molecular formula is C19H29N5. The van der Waals surface area contributed by atoms with E-state index in [4.69, 9.17) is 0 Å². The lowest BCUT2D eigenvalue weighted by Gasteiger charge is -2.41. The molecule has 2 aromatic rings. The Bertz CT molecular complexity index is 674. The molecule has 0 aliphatic carbocycles. The first-order valence-electron chi connectivity index (χ1n) is 8.88. The molecule has 24 heavy (non-hydrogen) atoms. The maximum absolute atomic E-state index is 4.38. The van der Waals surface area contributed by atoms with Crippen molar-refractivity contribution in [3.8, 4) is 0 Å². The van der Waals surface area contributed by atoms with E-state index in [2.05, 4.69) is 72.3 Å². The van der Waals surface area contributed by atoms with E-state index in [1.807, 2.05) is 4.68 Å². The highest BCUT2D eigenvalue weighted by atomic mass is 15.4. The van der Waals surface area contributed by atoms with Gasteiger partial charge in [0.1, 0.15) is 12.2 Å². The molecule has 0 unspecified atom stereocenters. The summed E-state index contributed by atoms with van der Waals surface area (Å²) >= 11 is 0. The van der Waals surface area contributed by atoms with Crippen LogP contribution in [0.5, 0.6) is 0 Å². The number of benzene rings is 1. The molecule has 0 radical (unpaired) electrons. The average molecular weight is 327 g/mol. The minimum atomic E-state index is 0.107. The number of hydrogen-bond acceptors (Lipinski definition) is 4. The van der Waals surface area contributed by atoms with Crippen LogP contribution in [0.15, 0.2) is 30.6 Å². The van der Waals surface area contributed by atoms with Gasteiger partial charge in [-0.05, 0) is 45.2 Å². The first-order valence-corrected chi connectivity index (χ1v) is 8.88. The molecule has 0 spiro atoms. The van der Waals surface area contributed by atoms with Crippen LogP contribution in [0.3, 0.4) is 0 Å². The zero-order valence-electron chi connectivity index (χ0n) is 15.3. The van der Waals surface area contributed by atoms with Gasteiger partial charge in [-0.1, -0.05) is 24.3 Å². The van der Waals surface area contributed by atoms with Crippen molar-refractivity contribution in [1.29, 1.82) is 0 Å². The molecule has 0 saturated carbocycles. The summed E-state index contributed by atoms with van der Waals surface area (Å²) in [6, 6.07) is 9.15. The summed E-state index contributed by atoms with van der Waals surface area (Å²) in [6.45, 7) is 12.7. The minimum absolute atomic E-state index is 0.107. The summed E-state index contributed by atoms with van der Waals surface area (Å²) in [7, 11) is 0. The fourth-order valence-electron chi connectivity index (χ4n) is 3.44. The summed E-state index contributed by atoms with van der Waals surface area (Å²) in [5, 5.41) is 7.88. The predicted molar refractivity (Wildman–Crippen MR) is 96.7 cm³/mol. The molecule has 0 fully saturated rings. The Labute approximate surface area is 145 Å². The Hall–Kier alpha value is -1.72. The molecule has 1 aromatic carbocycles. The monoisotopic (exact) mass is 327 g/mol. The third-order valence-corrected chi connectivity index (χ3v) is 4.96. The molecule has 0 amide bonds. The van der Waals surface area contributed by atoms with Gasteiger partial charge in [-0.2, -0.15) is 5.10 Å². The zero-order valence-corrected chi connectivity index (χ0v) is 15.3. The van der Waals surface area contributed by atoms with Gasteiger partial charge in [0.2, 0.25) is 0 Å². The summed E-state index contributed by atoms with van der Waals surface area (Å²) in [4.78, 5) is 6.95. The normalized spacial score (nSPS) is 15.7. The molecule has 5 nitrogen and oxygen atoms in total. The number of rotatable bonds is 6. The van der Waals surface area contributed by atoms with Gasteiger partial charge in [0.25, 0.3) is 0 Å². The highest BCUT2D eigenvalue weighted by Gasteiger charge is 2.29.